The smallest absolute Gasteiger partial charge is 0.226 e. The van der Waals surface area contributed by atoms with Crippen molar-refractivity contribution in [3.05, 3.63) is 60.2 Å². The number of piperidine rings is 1. The molecule has 29 heavy (non-hydrogen) atoms. The molecular formula is C25H32N2O2. The molecule has 0 aliphatic carbocycles. The van der Waals surface area contributed by atoms with Crippen LogP contribution in [0.5, 0.6) is 11.5 Å². The molecule has 0 saturated carbocycles. The number of para-hydroxylation sites is 1. The molecule has 2 fully saturated rings. The minimum atomic E-state index is 0.158. The molecule has 0 unspecified atom stereocenters. The van der Waals surface area contributed by atoms with Crippen LogP contribution in [0.4, 0.5) is 0 Å². The number of carbonyl (C=O) groups excluding carboxylic acids is 1. The molecule has 1 amide bonds. The van der Waals surface area contributed by atoms with Crippen molar-refractivity contribution in [1.29, 1.82) is 0 Å². The molecule has 0 bridgehead atoms. The maximum atomic E-state index is 13.0. The van der Waals surface area contributed by atoms with E-state index < -0.39 is 0 Å². The fourth-order valence-electron chi connectivity index (χ4n) is 4.54. The summed E-state index contributed by atoms with van der Waals surface area (Å²) < 4.78 is 5.98. The Labute approximate surface area is 174 Å². The Hall–Kier alpha value is -2.33. The summed E-state index contributed by atoms with van der Waals surface area (Å²) in [6.45, 7) is 4.71. The van der Waals surface area contributed by atoms with Gasteiger partial charge in [0.05, 0.1) is 5.92 Å². The normalized spacial score (nSPS) is 20.8. The fraction of sp³-hybridized carbons (Fsp3) is 0.480. The van der Waals surface area contributed by atoms with Crippen LogP contribution in [-0.2, 0) is 11.3 Å². The molecule has 2 saturated heterocycles. The highest BCUT2D eigenvalue weighted by Gasteiger charge is 2.29. The Morgan fingerprint density at radius 2 is 1.62 bits per heavy atom. The number of nitrogens with zero attached hydrogens (tertiary/aromatic N) is 2. The van der Waals surface area contributed by atoms with E-state index in [0.29, 0.717) is 5.91 Å². The van der Waals surface area contributed by atoms with Gasteiger partial charge in [-0.05, 0) is 62.1 Å². The van der Waals surface area contributed by atoms with Gasteiger partial charge in [-0.3, -0.25) is 9.69 Å². The van der Waals surface area contributed by atoms with Gasteiger partial charge < -0.3 is 9.64 Å². The Balaban J connectivity index is 1.35. The summed E-state index contributed by atoms with van der Waals surface area (Å²) in [6, 6.07) is 18.2. The third-order valence-corrected chi connectivity index (χ3v) is 6.06. The van der Waals surface area contributed by atoms with Gasteiger partial charge in [-0.2, -0.15) is 0 Å². The molecule has 2 aliphatic rings. The van der Waals surface area contributed by atoms with Gasteiger partial charge in [0.25, 0.3) is 0 Å². The molecule has 0 N–H and O–H groups in total. The minimum absolute atomic E-state index is 0.158. The lowest BCUT2D eigenvalue weighted by atomic mass is 9.96. The van der Waals surface area contributed by atoms with Crippen LogP contribution >= 0.6 is 0 Å². The molecule has 1 atom stereocenters. The number of amides is 1. The number of ether oxygens (including phenoxy) is 1. The molecule has 2 aromatic rings. The first-order valence-electron chi connectivity index (χ1n) is 11.1. The molecule has 2 aromatic carbocycles. The monoisotopic (exact) mass is 392 g/mol. The van der Waals surface area contributed by atoms with E-state index in [1.807, 2.05) is 36.4 Å². The Morgan fingerprint density at radius 1 is 0.862 bits per heavy atom. The van der Waals surface area contributed by atoms with Crippen LogP contribution in [0.25, 0.3) is 0 Å². The second-order valence-corrected chi connectivity index (χ2v) is 8.38. The predicted octanol–water partition coefficient (Wildman–Crippen LogP) is 5.09. The van der Waals surface area contributed by atoms with Crippen molar-refractivity contribution in [2.75, 3.05) is 26.2 Å². The first-order chi connectivity index (χ1) is 14.3. The minimum Gasteiger partial charge on any atom is -0.457 e. The van der Waals surface area contributed by atoms with Crippen LogP contribution in [0.1, 0.15) is 44.1 Å². The van der Waals surface area contributed by atoms with Crippen molar-refractivity contribution in [3.63, 3.8) is 0 Å². The van der Waals surface area contributed by atoms with Gasteiger partial charge >= 0.3 is 0 Å². The molecule has 4 rings (SSSR count). The second-order valence-electron chi connectivity index (χ2n) is 8.38. The average Bonchev–Trinajstić information content (AvgIpc) is 3.04. The maximum absolute atomic E-state index is 13.0. The molecule has 0 aromatic heterocycles. The van der Waals surface area contributed by atoms with Crippen molar-refractivity contribution in [1.82, 2.24) is 9.80 Å². The van der Waals surface area contributed by atoms with Crippen LogP contribution < -0.4 is 4.74 Å². The van der Waals surface area contributed by atoms with E-state index in [-0.39, 0.29) is 5.92 Å². The van der Waals surface area contributed by atoms with E-state index in [4.69, 9.17) is 4.74 Å². The van der Waals surface area contributed by atoms with Gasteiger partial charge in [-0.15, -0.1) is 0 Å². The second kappa shape index (κ2) is 9.93. The number of likely N-dealkylation sites (tertiary alicyclic amines) is 2. The topological polar surface area (TPSA) is 32.8 Å². The highest BCUT2D eigenvalue weighted by atomic mass is 16.5. The molecule has 2 heterocycles. The molecule has 0 spiro atoms. The number of benzene rings is 2. The van der Waals surface area contributed by atoms with E-state index in [1.54, 1.807) is 0 Å². The molecule has 4 heteroatoms. The Kier molecular flexibility index (Phi) is 6.83. The van der Waals surface area contributed by atoms with Crippen LogP contribution in [0.3, 0.4) is 0 Å². The van der Waals surface area contributed by atoms with E-state index in [0.717, 1.165) is 69.9 Å². The molecule has 4 nitrogen and oxygen atoms in total. The lowest BCUT2D eigenvalue weighted by Gasteiger charge is -2.34. The van der Waals surface area contributed by atoms with Crippen molar-refractivity contribution >= 4 is 5.91 Å². The highest BCUT2D eigenvalue weighted by molar-refractivity contribution is 5.79. The van der Waals surface area contributed by atoms with E-state index in [9.17, 15) is 4.79 Å². The largest absolute Gasteiger partial charge is 0.457 e. The van der Waals surface area contributed by atoms with Crippen molar-refractivity contribution in [2.24, 2.45) is 5.92 Å². The third-order valence-electron chi connectivity index (χ3n) is 6.06. The van der Waals surface area contributed by atoms with Crippen LogP contribution in [0.2, 0.25) is 0 Å². The summed E-state index contributed by atoms with van der Waals surface area (Å²) in [4.78, 5) is 17.6. The van der Waals surface area contributed by atoms with Crippen molar-refractivity contribution < 1.29 is 9.53 Å². The average molecular weight is 393 g/mol. The van der Waals surface area contributed by atoms with Gasteiger partial charge in [-0.1, -0.05) is 43.2 Å². The summed E-state index contributed by atoms with van der Waals surface area (Å²) >= 11 is 0. The Morgan fingerprint density at radius 3 is 2.41 bits per heavy atom. The number of rotatable bonds is 5. The first-order valence-corrected chi connectivity index (χ1v) is 11.1. The first kappa shape index (κ1) is 20.0. The van der Waals surface area contributed by atoms with Gasteiger partial charge in [0.15, 0.2) is 0 Å². The Bertz CT molecular complexity index is 784. The van der Waals surface area contributed by atoms with Crippen LogP contribution in [0, 0.1) is 5.92 Å². The summed E-state index contributed by atoms with van der Waals surface area (Å²) in [5.74, 6) is 2.26. The zero-order valence-corrected chi connectivity index (χ0v) is 17.3. The molecule has 0 radical (unpaired) electrons. The van der Waals surface area contributed by atoms with Crippen LogP contribution in [0.15, 0.2) is 54.6 Å². The summed E-state index contributed by atoms with van der Waals surface area (Å²) in [5.41, 5.74) is 1.24. The summed E-state index contributed by atoms with van der Waals surface area (Å²) in [7, 11) is 0. The van der Waals surface area contributed by atoms with Gasteiger partial charge in [-0.25, -0.2) is 0 Å². The zero-order chi connectivity index (χ0) is 19.9. The van der Waals surface area contributed by atoms with E-state index >= 15 is 0 Å². The van der Waals surface area contributed by atoms with Crippen LogP contribution in [-0.4, -0.2) is 41.9 Å². The highest BCUT2D eigenvalue weighted by Crippen LogP contribution is 2.25. The summed E-state index contributed by atoms with van der Waals surface area (Å²) in [5, 5.41) is 0. The van der Waals surface area contributed by atoms with Gasteiger partial charge in [0, 0.05) is 26.2 Å². The number of hydrogen-bond donors (Lipinski definition) is 0. The fourth-order valence-corrected chi connectivity index (χ4v) is 4.54. The lowest BCUT2D eigenvalue weighted by Crippen LogP contribution is -2.44. The van der Waals surface area contributed by atoms with Crippen molar-refractivity contribution in [2.45, 2.75) is 45.1 Å². The molecule has 2 aliphatic heterocycles. The predicted molar refractivity (Wildman–Crippen MR) is 116 cm³/mol. The van der Waals surface area contributed by atoms with Crippen molar-refractivity contribution in [3.8, 4) is 11.5 Å². The standard InChI is InChI=1S/C25H32N2O2/c28-25(27-16-6-1-2-7-17-27)22-11-9-15-26(20-22)19-21-10-8-14-24(18-21)29-23-12-4-3-5-13-23/h3-5,8,10,12-14,18,22H,1-2,6-7,9,11,15-17,19-20H2/t22-/m0/s1. The number of carbonyl (C=O) groups is 1. The van der Waals surface area contributed by atoms with E-state index in [2.05, 4.69) is 28.0 Å². The zero-order valence-electron chi connectivity index (χ0n) is 17.3. The van der Waals surface area contributed by atoms with Gasteiger partial charge in [0.1, 0.15) is 11.5 Å². The quantitative estimate of drug-likeness (QED) is 0.710. The van der Waals surface area contributed by atoms with E-state index in [1.165, 1.54) is 18.4 Å². The third kappa shape index (κ3) is 5.60. The summed E-state index contributed by atoms with van der Waals surface area (Å²) in [6.07, 6.45) is 6.99. The number of hydrogen-bond acceptors (Lipinski definition) is 3. The molecular weight excluding hydrogens is 360 g/mol. The van der Waals surface area contributed by atoms with Gasteiger partial charge in [0.2, 0.25) is 5.91 Å². The SMILES string of the molecule is O=C([C@H]1CCCN(Cc2cccc(Oc3ccccc3)c2)C1)N1CCCCCC1. The maximum Gasteiger partial charge on any atom is 0.226 e. The molecule has 154 valence electrons. The lowest BCUT2D eigenvalue weighted by molar-refractivity contribution is -0.137.